The molecule has 0 amide bonds. The molecule has 1 fully saturated rings. The molecular formula is C14H21N5. The summed E-state index contributed by atoms with van der Waals surface area (Å²) in [5.74, 6) is 1.81. The molecule has 3 rings (SSSR count). The van der Waals surface area contributed by atoms with Crippen molar-refractivity contribution in [1.82, 2.24) is 19.9 Å². The summed E-state index contributed by atoms with van der Waals surface area (Å²) >= 11 is 0. The number of nitrogens with one attached hydrogen (secondary N) is 1. The van der Waals surface area contributed by atoms with Gasteiger partial charge in [-0.3, -0.25) is 0 Å². The molecule has 5 nitrogen and oxygen atoms in total. The number of piperidine rings is 1. The quantitative estimate of drug-likeness (QED) is 0.912. The molecule has 1 unspecified atom stereocenters. The molecule has 0 radical (unpaired) electrons. The summed E-state index contributed by atoms with van der Waals surface area (Å²) in [6.07, 6.45) is 6.15. The number of hydrogen-bond donors (Lipinski definition) is 1. The van der Waals surface area contributed by atoms with Gasteiger partial charge < -0.3 is 14.8 Å². The monoisotopic (exact) mass is 259 g/mol. The Labute approximate surface area is 113 Å². The fourth-order valence-electron chi connectivity index (χ4n) is 3.03. The van der Waals surface area contributed by atoms with E-state index in [0.29, 0.717) is 0 Å². The number of aromatic amines is 1. The second kappa shape index (κ2) is 5.17. The Kier molecular flexibility index (Phi) is 3.38. The maximum Gasteiger partial charge on any atom is 0.142 e. The van der Waals surface area contributed by atoms with Crippen molar-refractivity contribution < 1.29 is 0 Å². The standard InChI is InChI=1S/C14H21N5/c1-18(2)8-11-4-3-7-19(9-11)14-12-5-6-15-13(12)16-10-17-14/h5-6,10-11H,3-4,7-9H2,1-2H3,(H,15,16,17). The molecule has 0 aliphatic carbocycles. The van der Waals surface area contributed by atoms with Crippen molar-refractivity contribution in [3.8, 4) is 0 Å². The van der Waals surface area contributed by atoms with Crippen LogP contribution in [0.1, 0.15) is 12.8 Å². The van der Waals surface area contributed by atoms with E-state index in [-0.39, 0.29) is 0 Å². The first-order valence-electron chi connectivity index (χ1n) is 6.92. The number of nitrogens with zero attached hydrogens (tertiary/aromatic N) is 4. The van der Waals surface area contributed by atoms with Crippen LogP contribution in [0.5, 0.6) is 0 Å². The number of anilines is 1. The average molecular weight is 259 g/mol. The van der Waals surface area contributed by atoms with Gasteiger partial charge in [0.25, 0.3) is 0 Å². The van der Waals surface area contributed by atoms with Crippen LogP contribution in [0.25, 0.3) is 11.0 Å². The lowest BCUT2D eigenvalue weighted by Crippen LogP contribution is -2.39. The van der Waals surface area contributed by atoms with Gasteiger partial charge in [0.1, 0.15) is 17.8 Å². The van der Waals surface area contributed by atoms with Gasteiger partial charge >= 0.3 is 0 Å². The molecule has 3 heterocycles. The second-order valence-electron chi connectivity index (χ2n) is 5.65. The minimum Gasteiger partial charge on any atom is -0.356 e. The van der Waals surface area contributed by atoms with Gasteiger partial charge in [-0.1, -0.05) is 0 Å². The zero-order valence-corrected chi connectivity index (χ0v) is 11.6. The highest BCUT2D eigenvalue weighted by molar-refractivity contribution is 5.87. The van der Waals surface area contributed by atoms with Crippen molar-refractivity contribution in [2.45, 2.75) is 12.8 Å². The normalized spacial score (nSPS) is 20.4. The molecule has 2 aromatic heterocycles. The Bertz CT molecular complexity index is 548. The zero-order chi connectivity index (χ0) is 13.2. The van der Waals surface area contributed by atoms with Gasteiger partial charge in [0.2, 0.25) is 0 Å². The second-order valence-corrected chi connectivity index (χ2v) is 5.65. The largest absolute Gasteiger partial charge is 0.356 e. The number of rotatable bonds is 3. The van der Waals surface area contributed by atoms with E-state index in [1.165, 1.54) is 12.8 Å². The van der Waals surface area contributed by atoms with Crippen molar-refractivity contribution in [3.05, 3.63) is 18.6 Å². The van der Waals surface area contributed by atoms with Crippen molar-refractivity contribution in [1.29, 1.82) is 0 Å². The van der Waals surface area contributed by atoms with Crippen LogP contribution < -0.4 is 4.90 Å². The molecule has 0 saturated carbocycles. The lowest BCUT2D eigenvalue weighted by Gasteiger charge is -2.35. The van der Waals surface area contributed by atoms with Crippen LogP contribution in [0.4, 0.5) is 5.82 Å². The minimum atomic E-state index is 0.729. The highest BCUT2D eigenvalue weighted by Crippen LogP contribution is 2.27. The average Bonchev–Trinajstić information content (AvgIpc) is 2.86. The molecule has 19 heavy (non-hydrogen) atoms. The van der Waals surface area contributed by atoms with Crippen LogP contribution >= 0.6 is 0 Å². The molecule has 5 heteroatoms. The number of H-pyrrole nitrogens is 1. The van der Waals surface area contributed by atoms with Crippen LogP contribution in [0, 0.1) is 5.92 Å². The fourth-order valence-corrected chi connectivity index (χ4v) is 3.03. The zero-order valence-electron chi connectivity index (χ0n) is 11.6. The van der Waals surface area contributed by atoms with Crippen molar-refractivity contribution >= 4 is 16.9 Å². The van der Waals surface area contributed by atoms with E-state index in [1.54, 1.807) is 6.33 Å². The number of aromatic nitrogens is 3. The van der Waals surface area contributed by atoms with Crippen LogP contribution in [-0.4, -0.2) is 53.6 Å². The Morgan fingerprint density at radius 2 is 2.32 bits per heavy atom. The molecular weight excluding hydrogens is 238 g/mol. The molecule has 1 aliphatic rings. The van der Waals surface area contributed by atoms with E-state index in [1.807, 2.05) is 6.20 Å². The summed E-state index contributed by atoms with van der Waals surface area (Å²) in [5, 5.41) is 1.13. The summed E-state index contributed by atoms with van der Waals surface area (Å²) in [5.41, 5.74) is 0.930. The van der Waals surface area contributed by atoms with E-state index in [4.69, 9.17) is 0 Å². The molecule has 0 bridgehead atoms. The van der Waals surface area contributed by atoms with Gasteiger partial charge in [0.15, 0.2) is 0 Å². The highest BCUT2D eigenvalue weighted by Gasteiger charge is 2.22. The summed E-state index contributed by atoms with van der Waals surface area (Å²) < 4.78 is 0. The summed E-state index contributed by atoms with van der Waals surface area (Å²) in [7, 11) is 4.29. The molecule has 1 saturated heterocycles. The molecule has 102 valence electrons. The van der Waals surface area contributed by atoms with Crippen molar-refractivity contribution in [3.63, 3.8) is 0 Å². The first kappa shape index (κ1) is 12.4. The van der Waals surface area contributed by atoms with Gasteiger partial charge in [-0.05, 0) is 38.9 Å². The van der Waals surface area contributed by atoms with Crippen LogP contribution in [0.15, 0.2) is 18.6 Å². The SMILES string of the molecule is CN(C)CC1CCCN(c2ncnc3[nH]ccc23)C1. The van der Waals surface area contributed by atoms with E-state index in [2.05, 4.69) is 44.9 Å². The van der Waals surface area contributed by atoms with E-state index in [9.17, 15) is 0 Å². The van der Waals surface area contributed by atoms with Gasteiger partial charge in [-0.2, -0.15) is 0 Å². The van der Waals surface area contributed by atoms with Gasteiger partial charge in [0.05, 0.1) is 5.39 Å². The summed E-state index contributed by atoms with van der Waals surface area (Å²) in [6, 6.07) is 2.07. The van der Waals surface area contributed by atoms with Gasteiger partial charge in [-0.25, -0.2) is 9.97 Å². The Morgan fingerprint density at radius 1 is 1.42 bits per heavy atom. The summed E-state index contributed by atoms with van der Waals surface area (Å²) in [6.45, 7) is 3.34. The third-order valence-electron chi connectivity index (χ3n) is 3.77. The van der Waals surface area contributed by atoms with E-state index in [0.717, 1.165) is 42.4 Å². The van der Waals surface area contributed by atoms with Crippen LogP contribution in [-0.2, 0) is 0 Å². The summed E-state index contributed by atoms with van der Waals surface area (Å²) in [4.78, 5) is 16.6. The topological polar surface area (TPSA) is 48.1 Å². The maximum atomic E-state index is 4.50. The highest BCUT2D eigenvalue weighted by atomic mass is 15.2. The van der Waals surface area contributed by atoms with E-state index < -0.39 is 0 Å². The first-order valence-corrected chi connectivity index (χ1v) is 6.92. The Balaban J connectivity index is 1.83. The lowest BCUT2D eigenvalue weighted by atomic mass is 9.97. The molecule has 1 atom stereocenters. The Hall–Kier alpha value is -1.62. The minimum absolute atomic E-state index is 0.729. The molecule has 0 aromatic carbocycles. The van der Waals surface area contributed by atoms with Gasteiger partial charge in [-0.15, -0.1) is 0 Å². The number of hydrogen-bond acceptors (Lipinski definition) is 4. The lowest BCUT2D eigenvalue weighted by molar-refractivity contribution is 0.291. The number of fused-ring (bicyclic) bond motifs is 1. The molecule has 1 aliphatic heterocycles. The fraction of sp³-hybridized carbons (Fsp3) is 0.571. The molecule has 1 N–H and O–H groups in total. The molecule has 0 spiro atoms. The predicted molar refractivity (Wildman–Crippen MR) is 77.4 cm³/mol. The van der Waals surface area contributed by atoms with E-state index >= 15 is 0 Å². The van der Waals surface area contributed by atoms with Crippen LogP contribution in [0.2, 0.25) is 0 Å². The van der Waals surface area contributed by atoms with Crippen molar-refractivity contribution in [2.75, 3.05) is 38.6 Å². The third-order valence-corrected chi connectivity index (χ3v) is 3.77. The third kappa shape index (κ3) is 2.56. The van der Waals surface area contributed by atoms with Crippen LogP contribution in [0.3, 0.4) is 0 Å². The smallest absolute Gasteiger partial charge is 0.142 e. The Morgan fingerprint density at radius 3 is 3.16 bits per heavy atom. The molecule has 2 aromatic rings. The predicted octanol–water partition coefficient (Wildman–Crippen LogP) is 1.74. The van der Waals surface area contributed by atoms with Gasteiger partial charge in [0, 0.05) is 25.8 Å². The maximum absolute atomic E-state index is 4.50. The van der Waals surface area contributed by atoms with Crippen molar-refractivity contribution in [2.24, 2.45) is 5.92 Å². The first-order chi connectivity index (χ1) is 9.24.